The van der Waals surface area contributed by atoms with Gasteiger partial charge in [-0.2, -0.15) is 0 Å². The van der Waals surface area contributed by atoms with Crippen LogP contribution in [0.15, 0.2) is 0 Å². The summed E-state index contributed by atoms with van der Waals surface area (Å²) in [5.74, 6) is -0.869. The highest BCUT2D eigenvalue weighted by Gasteiger charge is 2.23. The van der Waals surface area contributed by atoms with Crippen LogP contribution >= 0.6 is 0 Å². The predicted molar refractivity (Wildman–Crippen MR) is 37.2 cm³/mol. The van der Waals surface area contributed by atoms with E-state index in [1.54, 1.807) is 7.05 Å². The number of carboxylic acids is 1. The molecule has 0 spiro atoms. The second kappa shape index (κ2) is 3.31. The predicted octanol–water partition coefficient (Wildman–Crippen LogP) is -0.613. The summed E-state index contributed by atoms with van der Waals surface area (Å²) in [5, 5.41) is 15.6. The summed E-state index contributed by atoms with van der Waals surface area (Å²) < 4.78 is 6.07. The summed E-state index contributed by atoms with van der Waals surface area (Å²) >= 11 is 0. The van der Waals surface area contributed by atoms with Crippen molar-refractivity contribution in [1.82, 2.24) is 14.8 Å². The van der Waals surface area contributed by atoms with Crippen LogP contribution in [0.4, 0.5) is 0 Å². The Hall–Kier alpha value is -1.43. The van der Waals surface area contributed by atoms with Gasteiger partial charge >= 0.3 is 5.97 Å². The van der Waals surface area contributed by atoms with Gasteiger partial charge in [-0.25, -0.2) is 4.79 Å². The Balaban J connectivity index is 2.94. The van der Waals surface area contributed by atoms with E-state index in [2.05, 4.69) is 16.5 Å². The number of hydrogen-bond acceptors (Lipinski definition) is 4. The lowest BCUT2D eigenvalue weighted by molar-refractivity contribution is -0.149. The summed E-state index contributed by atoms with van der Waals surface area (Å²) in [6.07, 6.45) is 1.38. The van der Waals surface area contributed by atoms with E-state index >= 15 is 0 Å². The lowest BCUT2D eigenvalue weighted by atomic mass is 10.3. The molecule has 1 unspecified atom stereocenters. The van der Waals surface area contributed by atoms with Crippen LogP contribution < -0.4 is 0 Å². The van der Waals surface area contributed by atoms with Crippen LogP contribution in [-0.2, 0) is 16.6 Å². The first-order chi connectivity index (χ1) is 5.66. The van der Waals surface area contributed by atoms with E-state index in [9.17, 15) is 4.79 Å². The minimum Gasteiger partial charge on any atom is -0.479 e. The number of carboxylic acid groups (broad SMARTS) is 1. The van der Waals surface area contributed by atoms with E-state index in [0.29, 0.717) is 0 Å². The molecule has 1 heterocycles. The molecule has 0 amide bonds. The molecule has 65 valence electrons. The summed E-state index contributed by atoms with van der Waals surface area (Å²) in [6.45, 7) is 0. The second-order valence-electron chi connectivity index (χ2n) is 2.17. The quantitative estimate of drug-likeness (QED) is 0.654. The molecule has 0 aliphatic rings. The van der Waals surface area contributed by atoms with Crippen LogP contribution in [0.2, 0.25) is 0 Å². The van der Waals surface area contributed by atoms with Gasteiger partial charge in [-0.15, -0.1) is 10.2 Å². The van der Waals surface area contributed by atoms with Crippen LogP contribution in [0.1, 0.15) is 11.9 Å². The number of carbonyl (C=O) groups is 1. The van der Waals surface area contributed by atoms with Gasteiger partial charge in [0.15, 0.2) is 5.82 Å². The van der Waals surface area contributed by atoms with Crippen LogP contribution in [0.25, 0.3) is 0 Å². The summed E-state index contributed by atoms with van der Waals surface area (Å²) in [5.41, 5.74) is 0. The second-order valence-corrected chi connectivity index (χ2v) is 2.17. The van der Waals surface area contributed by atoms with Gasteiger partial charge in [0, 0.05) is 14.2 Å². The third-order valence-electron chi connectivity index (χ3n) is 1.39. The normalized spacial score (nSPS) is 12.8. The lowest BCUT2D eigenvalue weighted by Crippen LogP contribution is -2.17. The third kappa shape index (κ3) is 1.42. The van der Waals surface area contributed by atoms with Gasteiger partial charge in [-0.05, 0) is 0 Å². The first-order valence-corrected chi connectivity index (χ1v) is 3.19. The minimum atomic E-state index is -1.10. The fourth-order valence-electron chi connectivity index (χ4n) is 0.804. The van der Waals surface area contributed by atoms with E-state index in [4.69, 9.17) is 9.84 Å². The molecule has 1 radical (unpaired) electrons. The molecule has 1 N–H and O–H groups in total. The zero-order chi connectivity index (χ0) is 9.14. The maximum absolute atomic E-state index is 10.6. The van der Waals surface area contributed by atoms with Gasteiger partial charge in [-0.1, -0.05) is 0 Å². The van der Waals surface area contributed by atoms with Crippen molar-refractivity contribution in [2.24, 2.45) is 7.05 Å². The molecule has 12 heavy (non-hydrogen) atoms. The molecule has 0 saturated heterocycles. The molecule has 1 rings (SSSR count). The van der Waals surface area contributed by atoms with E-state index in [1.807, 2.05) is 0 Å². The number of hydrogen-bond donors (Lipinski definition) is 1. The highest BCUT2D eigenvalue weighted by Crippen LogP contribution is 2.11. The minimum absolute atomic E-state index is 0.227. The first kappa shape index (κ1) is 8.66. The van der Waals surface area contributed by atoms with Gasteiger partial charge in [0.1, 0.15) is 0 Å². The molecule has 0 saturated carbocycles. The van der Waals surface area contributed by atoms with E-state index in [1.165, 1.54) is 11.7 Å². The molecule has 6 nitrogen and oxygen atoms in total. The van der Waals surface area contributed by atoms with E-state index in [0.717, 1.165) is 0 Å². The molecule has 1 aromatic rings. The molecular weight excluding hydrogens is 162 g/mol. The fraction of sp³-hybridized carbons (Fsp3) is 0.500. The molecule has 0 aliphatic carbocycles. The average Bonchev–Trinajstić information content (AvgIpc) is 2.38. The highest BCUT2D eigenvalue weighted by atomic mass is 16.5. The first-order valence-electron chi connectivity index (χ1n) is 3.19. The number of aromatic nitrogens is 3. The Morgan fingerprint density at radius 3 is 2.83 bits per heavy atom. The Kier molecular flexibility index (Phi) is 2.39. The van der Waals surface area contributed by atoms with Gasteiger partial charge in [0.05, 0.1) is 0 Å². The van der Waals surface area contributed by atoms with E-state index in [-0.39, 0.29) is 5.82 Å². The van der Waals surface area contributed by atoms with Gasteiger partial charge < -0.3 is 14.4 Å². The third-order valence-corrected chi connectivity index (χ3v) is 1.39. The summed E-state index contributed by atoms with van der Waals surface area (Å²) in [6, 6.07) is 0. The van der Waals surface area contributed by atoms with Gasteiger partial charge in [0.2, 0.25) is 12.4 Å². The molecule has 0 bridgehead atoms. The maximum Gasteiger partial charge on any atom is 0.340 e. The molecule has 0 aliphatic heterocycles. The smallest absolute Gasteiger partial charge is 0.340 e. The topological polar surface area (TPSA) is 77.2 Å². The molecule has 0 aromatic carbocycles. The standard InChI is InChI=1S/C6H8N3O3/c1-9-3-7-8-5(9)4(12-2)6(10)11/h4H,1-2H3,(H,10,11). The Morgan fingerprint density at radius 2 is 2.50 bits per heavy atom. The molecule has 0 fully saturated rings. The van der Waals surface area contributed by atoms with Crippen LogP contribution in [0.5, 0.6) is 0 Å². The van der Waals surface area contributed by atoms with Crippen molar-refractivity contribution in [2.45, 2.75) is 6.10 Å². The van der Waals surface area contributed by atoms with Crippen LogP contribution in [0.3, 0.4) is 0 Å². The van der Waals surface area contributed by atoms with Crippen molar-refractivity contribution in [1.29, 1.82) is 0 Å². The largest absolute Gasteiger partial charge is 0.479 e. The summed E-state index contributed by atoms with van der Waals surface area (Å²) in [7, 11) is 2.90. The average molecular weight is 170 g/mol. The number of rotatable bonds is 3. The van der Waals surface area contributed by atoms with Crippen LogP contribution in [0, 0.1) is 6.33 Å². The SMILES string of the molecule is COC(C(=O)O)c1nn[c]n1C. The van der Waals surface area contributed by atoms with E-state index < -0.39 is 12.1 Å². The van der Waals surface area contributed by atoms with Gasteiger partial charge in [-0.3, -0.25) is 0 Å². The fourth-order valence-corrected chi connectivity index (χ4v) is 0.804. The number of methoxy groups -OCH3 is 1. The Labute approximate surface area is 68.8 Å². The van der Waals surface area contributed by atoms with Crippen molar-refractivity contribution < 1.29 is 14.6 Å². The van der Waals surface area contributed by atoms with Crippen LogP contribution in [-0.4, -0.2) is 33.0 Å². The summed E-state index contributed by atoms with van der Waals surface area (Å²) in [4.78, 5) is 10.6. The molecular formula is C6H8N3O3. The monoisotopic (exact) mass is 170 g/mol. The van der Waals surface area contributed by atoms with Crippen molar-refractivity contribution in [3.05, 3.63) is 12.2 Å². The van der Waals surface area contributed by atoms with Crippen molar-refractivity contribution in [2.75, 3.05) is 7.11 Å². The van der Waals surface area contributed by atoms with Crippen molar-refractivity contribution >= 4 is 5.97 Å². The Bertz CT molecular complexity index is 283. The van der Waals surface area contributed by atoms with Crippen molar-refractivity contribution in [3.8, 4) is 0 Å². The number of aryl methyl sites for hydroxylation is 1. The zero-order valence-electron chi connectivity index (χ0n) is 6.68. The lowest BCUT2D eigenvalue weighted by Gasteiger charge is -2.07. The molecule has 6 heteroatoms. The molecule has 1 atom stereocenters. The van der Waals surface area contributed by atoms with Gasteiger partial charge in [0.25, 0.3) is 0 Å². The molecule has 1 aromatic heterocycles. The zero-order valence-corrected chi connectivity index (χ0v) is 6.68. The highest BCUT2D eigenvalue weighted by molar-refractivity contribution is 5.73. The number of ether oxygens (including phenoxy) is 1. The van der Waals surface area contributed by atoms with Crippen molar-refractivity contribution in [3.63, 3.8) is 0 Å². The number of nitrogens with zero attached hydrogens (tertiary/aromatic N) is 3. The number of aliphatic carboxylic acids is 1. The Morgan fingerprint density at radius 1 is 1.83 bits per heavy atom. The maximum atomic E-state index is 10.6.